The summed E-state index contributed by atoms with van der Waals surface area (Å²) in [4.78, 5) is 11.9. The van der Waals surface area contributed by atoms with E-state index < -0.39 is 32.9 Å². The predicted molar refractivity (Wildman–Crippen MR) is 98.5 cm³/mol. The summed E-state index contributed by atoms with van der Waals surface area (Å²) >= 11 is 0. The summed E-state index contributed by atoms with van der Waals surface area (Å²) in [6.45, 7) is 2.87. The Morgan fingerprint density at radius 1 is 1.14 bits per heavy atom. The molecule has 0 aliphatic carbocycles. The van der Waals surface area contributed by atoms with Crippen LogP contribution in [0.2, 0.25) is 0 Å². The van der Waals surface area contributed by atoms with Crippen molar-refractivity contribution in [2.75, 3.05) is 6.61 Å². The summed E-state index contributed by atoms with van der Waals surface area (Å²) in [6.07, 6.45) is 0. The zero-order chi connectivity index (χ0) is 20.4. The molecule has 1 saturated heterocycles. The van der Waals surface area contributed by atoms with Crippen molar-refractivity contribution in [2.24, 2.45) is 5.92 Å². The maximum atomic E-state index is 13.4. The van der Waals surface area contributed by atoms with E-state index in [1.807, 2.05) is 6.07 Å². The molecule has 0 spiro atoms. The molecule has 1 aliphatic rings. The highest BCUT2D eigenvalue weighted by Gasteiger charge is 2.48. The molecule has 1 aliphatic heterocycles. The van der Waals surface area contributed by atoms with Crippen LogP contribution in [0.4, 0.5) is 0 Å². The van der Waals surface area contributed by atoms with E-state index in [1.54, 1.807) is 50.2 Å². The Bertz CT molecular complexity index is 944. The Balaban J connectivity index is 2.02. The smallest absolute Gasteiger partial charge is 0.252 e. The van der Waals surface area contributed by atoms with E-state index in [2.05, 4.69) is 0 Å². The summed E-state index contributed by atoms with van der Waals surface area (Å²) in [7, 11) is -4.19. The molecular weight excluding hydrogens is 386 g/mol. The van der Waals surface area contributed by atoms with Crippen LogP contribution in [0.1, 0.15) is 13.8 Å². The lowest BCUT2D eigenvalue weighted by Gasteiger charge is -2.39. The van der Waals surface area contributed by atoms with E-state index in [9.17, 15) is 13.2 Å². The first-order valence-corrected chi connectivity index (χ1v) is 10.1. The van der Waals surface area contributed by atoms with Crippen LogP contribution < -0.4 is 10.2 Å². The Morgan fingerprint density at radius 3 is 2.46 bits per heavy atom. The van der Waals surface area contributed by atoms with Gasteiger partial charge < -0.3 is 14.2 Å². The molecule has 28 heavy (non-hydrogen) atoms. The third-order valence-corrected chi connectivity index (χ3v) is 6.21. The second-order valence-electron chi connectivity index (χ2n) is 6.69. The SMILES string of the molecule is CC1(C)OCC(C(=O)NO)C(S(=O)(=O)c2ccccc2Oc2ccccc2)O1. The largest absolute Gasteiger partial charge is 0.456 e. The second-order valence-corrected chi connectivity index (χ2v) is 8.68. The van der Waals surface area contributed by atoms with Gasteiger partial charge in [-0.1, -0.05) is 30.3 Å². The van der Waals surface area contributed by atoms with Crippen molar-refractivity contribution in [2.45, 2.75) is 30.0 Å². The van der Waals surface area contributed by atoms with E-state index in [4.69, 9.17) is 19.4 Å². The Morgan fingerprint density at radius 2 is 1.79 bits per heavy atom. The average molecular weight is 407 g/mol. The highest BCUT2D eigenvalue weighted by Crippen LogP contribution is 2.37. The molecule has 2 unspecified atom stereocenters. The molecule has 150 valence electrons. The fourth-order valence-electron chi connectivity index (χ4n) is 2.84. The maximum Gasteiger partial charge on any atom is 0.252 e. The number of carbonyl (C=O) groups excluding carboxylic acids is 1. The topological polar surface area (TPSA) is 111 Å². The number of nitrogens with one attached hydrogen (secondary N) is 1. The molecule has 2 aromatic rings. The first-order chi connectivity index (χ1) is 13.2. The number of para-hydroxylation sites is 2. The van der Waals surface area contributed by atoms with Crippen LogP contribution in [-0.4, -0.2) is 37.4 Å². The third-order valence-electron chi connectivity index (χ3n) is 4.22. The lowest BCUT2D eigenvalue weighted by Crippen LogP contribution is -2.53. The first-order valence-electron chi connectivity index (χ1n) is 8.56. The molecule has 0 radical (unpaired) electrons. The second kappa shape index (κ2) is 7.88. The Labute approximate surface area is 162 Å². The van der Waals surface area contributed by atoms with Crippen LogP contribution in [0.15, 0.2) is 59.5 Å². The summed E-state index contributed by atoms with van der Waals surface area (Å²) in [6, 6.07) is 14.8. The molecule has 0 bridgehead atoms. The van der Waals surface area contributed by atoms with Gasteiger partial charge in [0.1, 0.15) is 22.3 Å². The summed E-state index contributed by atoms with van der Waals surface area (Å²) in [5.41, 5.74) is -0.0904. The van der Waals surface area contributed by atoms with Crippen molar-refractivity contribution in [3.8, 4) is 11.5 Å². The third kappa shape index (κ3) is 4.17. The van der Waals surface area contributed by atoms with Gasteiger partial charge in [-0.15, -0.1) is 0 Å². The monoisotopic (exact) mass is 407 g/mol. The normalized spacial score (nSPS) is 21.7. The number of hydrogen-bond acceptors (Lipinski definition) is 7. The number of rotatable bonds is 5. The highest BCUT2D eigenvalue weighted by molar-refractivity contribution is 7.92. The minimum absolute atomic E-state index is 0.102. The Kier molecular flexibility index (Phi) is 5.71. The number of amides is 1. The summed E-state index contributed by atoms with van der Waals surface area (Å²) in [5.74, 6) is -2.83. The maximum absolute atomic E-state index is 13.4. The number of hydrogen-bond donors (Lipinski definition) is 2. The van der Waals surface area contributed by atoms with Crippen molar-refractivity contribution < 1.29 is 32.6 Å². The van der Waals surface area contributed by atoms with Crippen LogP contribution in [0.25, 0.3) is 0 Å². The fraction of sp³-hybridized carbons (Fsp3) is 0.316. The molecule has 8 nitrogen and oxygen atoms in total. The number of hydroxylamine groups is 1. The zero-order valence-corrected chi connectivity index (χ0v) is 16.2. The van der Waals surface area contributed by atoms with Gasteiger partial charge in [0.05, 0.1) is 6.61 Å². The number of carbonyl (C=O) groups is 1. The van der Waals surface area contributed by atoms with Gasteiger partial charge >= 0.3 is 0 Å². The molecule has 2 aromatic carbocycles. The van der Waals surface area contributed by atoms with Crippen molar-refractivity contribution in [1.82, 2.24) is 5.48 Å². The van der Waals surface area contributed by atoms with Gasteiger partial charge in [0.15, 0.2) is 11.2 Å². The average Bonchev–Trinajstić information content (AvgIpc) is 2.68. The van der Waals surface area contributed by atoms with Crippen LogP contribution in [-0.2, 0) is 24.1 Å². The molecular formula is C19H21NO7S. The summed E-state index contributed by atoms with van der Waals surface area (Å²) < 4.78 is 43.5. The molecule has 2 atom stereocenters. The number of benzene rings is 2. The van der Waals surface area contributed by atoms with E-state index in [0.29, 0.717) is 5.75 Å². The van der Waals surface area contributed by atoms with Crippen molar-refractivity contribution in [3.05, 3.63) is 54.6 Å². The Hall–Kier alpha value is -2.46. The molecule has 1 amide bonds. The summed E-state index contributed by atoms with van der Waals surface area (Å²) in [5, 5.41) is 8.99. The molecule has 2 N–H and O–H groups in total. The molecule has 1 fully saturated rings. The first kappa shape index (κ1) is 20.3. The minimum atomic E-state index is -4.19. The van der Waals surface area contributed by atoms with Gasteiger partial charge in [0, 0.05) is 0 Å². The van der Waals surface area contributed by atoms with Gasteiger partial charge in [-0.3, -0.25) is 10.0 Å². The van der Waals surface area contributed by atoms with Crippen molar-refractivity contribution in [1.29, 1.82) is 0 Å². The highest BCUT2D eigenvalue weighted by atomic mass is 32.2. The quantitative estimate of drug-likeness (QED) is 0.578. The van der Waals surface area contributed by atoms with E-state index in [-0.39, 0.29) is 17.3 Å². The lowest BCUT2D eigenvalue weighted by atomic mass is 10.1. The predicted octanol–water partition coefficient (Wildman–Crippen LogP) is 2.48. The van der Waals surface area contributed by atoms with Gasteiger partial charge in [-0.05, 0) is 38.1 Å². The molecule has 3 rings (SSSR count). The van der Waals surface area contributed by atoms with Gasteiger partial charge in [0.25, 0.3) is 5.91 Å². The standard InChI is InChI=1S/C19H21NO7S/c1-19(2)25-12-14(17(21)20-22)18(27-19)28(23,24)16-11-7-6-10-15(16)26-13-8-4-3-5-9-13/h3-11,14,18,22H,12H2,1-2H3,(H,20,21). The lowest BCUT2D eigenvalue weighted by molar-refractivity contribution is -0.271. The van der Waals surface area contributed by atoms with E-state index in [1.165, 1.54) is 17.6 Å². The zero-order valence-electron chi connectivity index (χ0n) is 15.4. The molecule has 0 aromatic heterocycles. The van der Waals surface area contributed by atoms with Gasteiger partial charge in [-0.25, -0.2) is 13.9 Å². The van der Waals surface area contributed by atoms with E-state index >= 15 is 0 Å². The fourth-order valence-corrected chi connectivity index (χ4v) is 4.74. The van der Waals surface area contributed by atoms with Crippen LogP contribution >= 0.6 is 0 Å². The molecule has 9 heteroatoms. The van der Waals surface area contributed by atoms with Crippen LogP contribution in [0, 0.1) is 5.92 Å². The van der Waals surface area contributed by atoms with Crippen LogP contribution in [0.5, 0.6) is 11.5 Å². The van der Waals surface area contributed by atoms with E-state index in [0.717, 1.165) is 0 Å². The number of sulfone groups is 1. The van der Waals surface area contributed by atoms with Crippen LogP contribution in [0.3, 0.4) is 0 Å². The molecule has 1 heterocycles. The molecule has 0 saturated carbocycles. The van der Waals surface area contributed by atoms with Gasteiger partial charge in [-0.2, -0.15) is 0 Å². The van der Waals surface area contributed by atoms with Gasteiger partial charge in [0.2, 0.25) is 9.84 Å². The van der Waals surface area contributed by atoms with Crippen molar-refractivity contribution in [3.63, 3.8) is 0 Å². The minimum Gasteiger partial charge on any atom is -0.456 e. The van der Waals surface area contributed by atoms with Crippen molar-refractivity contribution >= 4 is 15.7 Å². The number of ether oxygens (including phenoxy) is 3.